The van der Waals surface area contributed by atoms with Crippen LogP contribution in [0.15, 0.2) is 18.2 Å². The molecule has 0 bridgehead atoms. The van der Waals surface area contributed by atoms with E-state index in [9.17, 15) is 9.18 Å². The molecule has 3 N–H and O–H groups in total. The van der Waals surface area contributed by atoms with E-state index in [0.717, 1.165) is 19.5 Å². The molecular weight excluding hydrogens is 269 g/mol. The molecule has 2 atom stereocenters. The molecule has 4 nitrogen and oxygen atoms in total. The van der Waals surface area contributed by atoms with Crippen molar-refractivity contribution in [1.29, 1.82) is 0 Å². The van der Waals surface area contributed by atoms with E-state index in [-0.39, 0.29) is 17.6 Å². The van der Waals surface area contributed by atoms with Crippen LogP contribution >= 0.6 is 0 Å². The number of amides is 1. The van der Waals surface area contributed by atoms with Gasteiger partial charge in [-0.2, -0.15) is 0 Å². The first-order valence-electron chi connectivity index (χ1n) is 7.48. The second-order valence-electron chi connectivity index (χ2n) is 5.51. The number of hydrogen-bond donors (Lipinski definition) is 2. The summed E-state index contributed by atoms with van der Waals surface area (Å²) in [5.74, 6) is -0.177. The Morgan fingerprint density at radius 3 is 2.62 bits per heavy atom. The average molecular weight is 295 g/mol. The van der Waals surface area contributed by atoms with Crippen molar-refractivity contribution in [2.24, 2.45) is 5.92 Å². The van der Waals surface area contributed by atoms with E-state index in [1.165, 1.54) is 18.2 Å². The van der Waals surface area contributed by atoms with Gasteiger partial charge in [-0.05, 0) is 37.6 Å². The molecule has 0 heterocycles. The van der Waals surface area contributed by atoms with Gasteiger partial charge in [0.1, 0.15) is 5.82 Å². The minimum atomic E-state index is -0.477. The number of benzene rings is 1. The van der Waals surface area contributed by atoms with Gasteiger partial charge in [0.25, 0.3) is 0 Å². The number of hydrogen-bond acceptors (Lipinski definition) is 3. The number of nitrogens with one attached hydrogen (secondary N) is 1. The van der Waals surface area contributed by atoms with Crippen molar-refractivity contribution < 1.29 is 9.18 Å². The first-order chi connectivity index (χ1) is 9.88. The molecule has 1 aromatic rings. The molecule has 0 aliphatic carbocycles. The van der Waals surface area contributed by atoms with Crippen LogP contribution in [0.5, 0.6) is 0 Å². The average Bonchev–Trinajstić information content (AvgIpc) is 2.47. The van der Waals surface area contributed by atoms with Crippen LogP contribution in [0.4, 0.5) is 15.8 Å². The first-order valence-corrected chi connectivity index (χ1v) is 7.48. The van der Waals surface area contributed by atoms with Crippen molar-refractivity contribution in [2.75, 3.05) is 24.1 Å². The van der Waals surface area contributed by atoms with Crippen LogP contribution in [0.3, 0.4) is 0 Å². The van der Waals surface area contributed by atoms with Crippen LogP contribution in [0.2, 0.25) is 0 Å². The number of nitrogen functional groups attached to an aromatic ring is 1. The lowest BCUT2D eigenvalue weighted by molar-refractivity contribution is -0.120. The Labute approximate surface area is 126 Å². The van der Waals surface area contributed by atoms with E-state index in [2.05, 4.69) is 24.1 Å². The summed E-state index contributed by atoms with van der Waals surface area (Å²) < 4.78 is 13.7. The highest BCUT2D eigenvalue weighted by atomic mass is 19.1. The molecule has 5 heteroatoms. The lowest BCUT2D eigenvalue weighted by Gasteiger charge is -2.29. The number of nitrogens with zero attached hydrogens (tertiary/aromatic N) is 1. The number of anilines is 2. The molecule has 21 heavy (non-hydrogen) atoms. The molecule has 0 radical (unpaired) electrons. The number of carbonyl (C=O) groups excluding carboxylic acids is 1. The van der Waals surface area contributed by atoms with Crippen molar-refractivity contribution in [3.05, 3.63) is 24.0 Å². The van der Waals surface area contributed by atoms with Gasteiger partial charge in [-0.1, -0.05) is 27.2 Å². The monoisotopic (exact) mass is 295 g/mol. The van der Waals surface area contributed by atoms with Crippen LogP contribution in [-0.2, 0) is 4.79 Å². The molecule has 2 unspecified atom stereocenters. The predicted molar refractivity (Wildman–Crippen MR) is 85.6 cm³/mol. The number of rotatable bonds is 7. The van der Waals surface area contributed by atoms with Crippen LogP contribution < -0.4 is 11.1 Å². The lowest BCUT2D eigenvalue weighted by atomic mass is 10.1. The number of likely N-dealkylation sites (N-methyl/N-ethyl adjacent to an activating group) is 1. The highest BCUT2D eigenvalue weighted by Gasteiger charge is 2.22. The summed E-state index contributed by atoms with van der Waals surface area (Å²) in [5.41, 5.74) is 6.17. The number of halogens is 1. The molecule has 0 fully saturated rings. The van der Waals surface area contributed by atoms with E-state index in [0.29, 0.717) is 11.6 Å². The van der Waals surface area contributed by atoms with Gasteiger partial charge < -0.3 is 11.1 Å². The third kappa shape index (κ3) is 5.01. The number of nitrogens with two attached hydrogens (primary N) is 1. The summed E-state index contributed by atoms with van der Waals surface area (Å²) in [6.07, 6.45) is 1.06. The third-order valence-electron chi connectivity index (χ3n) is 3.82. The zero-order chi connectivity index (χ0) is 16.0. The highest BCUT2D eigenvalue weighted by Crippen LogP contribution is 2.18. The minimum Gasteiger partial charge on any atom is -0.399 e. The van der Waals surface area contributed by atoms with Crippen molar-refractivity contribution in [3.8, 4) is 0 Å². The molecule has 0 aromatic heterocycles. The molecule has 1 amide bonds. The summed E-state index contributed by atoms with van der Waals surface area (Å²) in [7, 11) is 0. The van der Waals surface area contributed by atoms with E-state index >= 15 is 0 Å². The molecule has 0 aliphatic heterocycles. The van der Waals surface area contributed by atoms with Gasteiger partial charge in [0.2, 0.25) is 5.91 Å². The Kier molecular flexibility index (Phi) is 6.62. The fourth-order valence-electron chi connectivity index (χ4n) is 2.13. The van der Waals surface area contributed by atoms with Crippen LogP contribution in [0.25, 0.3) is 0 Å². The van der Waals surface area contributed by atoms with Crippen molar-refractivity contribution in [3.63, 3.8) is 0 Å². The van der Waals surface area contributed by atoms with Crippen LogP contribution in [0.1, 0.15) is 34.1 Å². The Balaban J connectivity index is 2.74. The second-order valence-corrected chi connectivity index (χ2v) is 5.51. The highest BCUT2D eigenvalue weighted by molar-refractivity contribution is 5.95. The topological polar surface area (TPSA) is 58.4 Å². The minimum absolute atomic E-state index is 0.131. The molecule has 0 aliphatic rings. The Morgan fingerprint density at radius 2 is 2.05 bits per heavy atom. The van der Waals surface area contributed by atoms with Crippen LogP contribution in [-0.4, -0.2) is 29.9 Å². The smallest absolute Gasteiger partial charge is 0.241 e. The Bertz CT molecular complexity index is 479. The van der Waals surface area contributed by atoms with Gasteiger partial charge in [0.05, 0.1) is 11.7 Å². The Morgan fingerprint density at radius 1 is 1.38 bits per heavy atom. The molecule has 1 aromatic carbocycles. The summed E-state index contributed by atoms with van der Waals surface area (Å²) in [4.78, 5) is 14.4. The van der Waals surface area contributed by atoms with E-state index in [4.69, 9.17) is 5.73 Å². The second kappa shape index (κ2) is 7.98. The van der Waals surface area contributed by atoms with Gasteiger partial charge in [-0.3, -0.25) is 9.69 Å². The molecule has 0 spiro atoms. The van der Waals surface area contributed by atoms with Gasteiger partial charge in [0.15, 0.2) is 0 Å². The quantitative estimate of drug-likeness (QED) is 0.760. The Hall–Kier alpha value is -1.62. The fourth-order valence-corrected chi connectivity index (χ4v) is 2.13. The predicted octanol–water partition coefficient (Wildman–Crippen LogP) is 3.10. The van der Waals surface area contributed by atoms with E-state index in [1.54, 1.807) is 0 Å². The molecule has 0 saturated carbocycles. The maximum atomic E-state index is 13.7. The lowest BCUT2D eigenvalue weighted by Crippen LogP contribution is -2.44. The van der Waals surface area contributed by atoms with Crippen molar-refractivity contribution >= 4 is 17.3 Å². The molecule has 1 rings (SSSR count). The summed E-state index contributed by atoms with van der Waals surface area (Å²) in [6, 6.07) is 3.84. The van der Waals surface area contributed by atoms with Gasteiger partial charge >= 0.3 is 0 Å². The van der Waals surface area contributed by atoms with Gasteiger partial charge in [0, 0.05) is 12.2 Å². The molecule has 118 valence electrons. The van der Waals surface area contributed by atoms with Crippen molar-refractivity contribution in [1.82, 2.24) is 4.90 Å². The van der Waals surface area contributed by atoms with Crippen molar-refractivity contribution in [2.45, 2.75) is 40.2 Å². The maximum Gasteiger partial charge on any atom is 0.241 e. The largest absolute Gasteiger partial charge is 0.399 e. The van der Waals surface area contributed by atoms with E-state index in [1.807, 2.05) is 13.8 Å². The normalized spacial score (nSPS) is 14.0. The van der Waals surface area contributed by atoms with Gasteiger partial charge in [-0.25, -0.2) is 4.39 Å². The standard InChI is InChI=1S/C16H26FN3O/c1-5-11(3)10-20(6-2)12(4)16(21)19-15-9-13(18)7-8-14(15)17/h7-9,11-12H,5-6,10,18H2,1-4H3,(H,19,21). The molecular formula is C16H26FN3O. The first kappa shape index (κ1) is 17.4. The van der Waals surface area contributed by atoms with Crippen LogP contribution in [0, 0.1) is 11.7 Å². The fraction of sp³-hybridized carbons (Fsp3) is 0.562. The van der Waals surface area contributed by atoms with E-state index < -0.39 is 5.82 Å². The summed E-state index contributed by atoms with van der Waals surface area (Å²) in [5, 5.41) is 2.62. The SMILES string of the molecule is CCC(C)CN(CC)C(C)C(=O)Nc1cc(N)ccc1F. The zero-order valence-corrected chi connectivity index (χ0v) is 13.3. The summed E-state index contributed by atoms with van der Waals surface area (Å²) >= 11 is 0. The summed E-state index contributed by atoms with van der Waals surface area (Å²) in [6.45, 7) is 9.77. The van der Waals surface area contributed by atoms with Gasteiger partial charge in [-0.15, -0.1) is 0 Å². The zero-order valence-electron chi connectivity index (χ0n) is 13.3. The maximum absolute atomic E-state index is 13.7. The molecule has 0 saturated heterocycles. The number of carbonyl (C=O) groups is 1. The third-order valence-corrected chi connectivity index (χ3v) is 3.82.